The summed E-state index contributed by atoms with van der Waals surface area (Å²) >= 11 is 8.06. The first-order chi connectivity index (χ1) is 6.83. The third-order valence-corrected chi connectivity index (χ3v) is 4.54. The Balaban J connectivity index is 2.08. The second-order valence-electron chi connectivity index (χ2n) is 4.21. The van der Waals surface area contributed by atoms with Crippen LogP contribution in [0.1, 0.15) is 32.6 Å². The van der Waals surface area contributed by atoms with Crippen molar-refractivity contribution >= 4 is 23.4 Å². The highest BCUT2D eigenvalue weighted by atomic mass is 35.5. The molecule has 1 saturated carbocycles. The smallest absolute Gasteiger partial charge is 0.0292 e. The van der Waals surface area contributed by atoms with Gasteiger partial charge in [0.2, 0.25) is 0 Å². The van der Waals surface area contributed by atoms with Crippen molar-refractivity contribution in [1.82, 2.24) is 5.32 Å². The van der Waals surface area contributed by atoms with Crippen molar-refractivity contribution in [3.63, 3.8) is 0 Å². The molecule has 0 aliphatic heterocycles. The van der Waals surface area contributed by atoms with E-state index in [0.29, 0.717) is 5.41 Å². The lowest BCUT2D eigenvalue weighted by Gasteiger charge is -2.26. The number of hydrogen-bond acceptors (Lipinski definition) is 2. The van der Waals surface area contributed by atoms with Gasteiger partial charge in [-0.1, -0.05) is 19.8 Å². The number of halogens is 1. The van der Waals surface area contributed by atoms with Crippen molar-refractivity contribution in [3.8, 4) is 0 Å². The second-order valence-corrected chi connectivity index (χ2v) is 5.88. The van der Waals surface area contributed by atoms with Crippen LogP contribution in [0.2, 0.25) is 0 Å². The quantitative estimate of drug-likeness (QED) is 0.538. The molecular weight excluding hydrogens is 214 g/mol. The summed E-state index contributed by atoms with van der Waals surface area (Å²) in [6.07, 6.45) is 5.39. The predicted octanol–water partition coefficient (Wildman–Crippen LogP) is 3.13. The Morgan fingerprint density at radius 3 is 2.64 bits per heavy atom. The molecule has 1 fully saturated rings. The van der Waals surface area contributed by atoms with Crippen LogP contribution in [0.4, 0.5) is 0 Å². The summed E-state index contributed by atoms with van der Waals surface area (Å²) in [5, 5.41) is 3.55. The molecule has 0 aromatic heterocycles. The average molecular weight is 236 g/mol. The zero-order valence-electron chi connectivity index (χ0n) is 9.15. The van der Waals surface area contributed by atoms with Gasteiger partial charge in [0.15, 0.2) is 0 Å². The fraction of sp³-hybridized carbons (Fsp3) is 1.00. The van der Waals surface area contributed by atoms with Crippen molar-refractivity contribution in [3.05, 3.63) is 0 Å². The van der Waals surface area contributed by atoms with Crippen LogP contribution in [-0.2, 0) is 0 Å². The highest BCUT2D eigenvalue weighted by Gasteiger charge is 2.32. The summed E-state index contributed by atoms with van der Waals surface area (Å²) in [5.41, 5.74) is 0.429. The maximum atomic E-state index is 6.06. The maximum absolute atomic E-state index is 6.06. The van der Waals surface area contributed by atoms with Crippen LogP contribution >= 0.6 is 23.4 Å². The Bertz CT molecular complexity index is 146. The fourth-order valence-corrected chi connectivity index (χ4v) is 3.06. The van der Waals surface area contributed by atoms with Crippen molar-refractivity contribution in [1.29, 1.82) is 0 Å². The Kier molecular flexibility index (Phi) is 6.31. The van der Waals surface area contributed by atoms with Crippen LogP contribution in [0.5, 0.6) is 0 Å². The molecule has 0 saturated heterocycles. The summed E-state index contributed by atoms with van der Waals surface area (Å²) in [7, 11) is 0. The number of alkyl halides is 1. The van der Waals surface area contributed by atoms with Gasteiger partial charge >= 0.3 is 0 Å². The Labute approximate surface area is 97.4 Å². The molecule has 1 nitrogen and oxygen atoms in total. The standard InChI is InChI=1S/C11H22ClNS/c1-2-14-8-7-13-10-11(9-12)5-3-4-6-11/h13H,2-10H2,1H3. The minimum absolute atomic E-state index is 0.429. The van der Waals surface area contributed by atoms with E-state index in [0.717, 1.165) is 19.0 Å². The molecule has 0 aromatic rings. The van der Waals surface area contributed by atoms with Crippen LogP contribution in [0, 0.1) is 5.41 Å². The number of rotatable bonds is 7. The third-order valence-electron chi connectivity index (χ3n) is 3.07. The molecule has 0 aromatic carbocycles. The highest BCUT2D eigenvalue weighted by Crippen LogP contribution is 2.38. The van der Waals surface area contributed by atoms with E-state index in [4.69, 9.17) is 11.6 Å². The van der Waals surface area contributed by atoms with Crippen LogP contribution in [0.15, 0.2) is 0 Å². The van der Waals surface area contributed by atoms with Crippen molar-refractivity contribution in [2.75, 3.05) is 30.5 Å². The van der Waals surface area contributed by atoms with Crippen molar-refractivity contribution < 1.29 is 0 Å². The lowest BCUT2D eigenvalue weighted by atomic mass is 9.88. The largest absolute Gasteiger partial charge is 0.315 e. The molecule has 0 amide bonds. The number of nitrogens with one attached hydrogen (secondary N) is 1. The van der Waals surface area contributed by atoms with Gasteiger partial charge in [-0.2, -0.15) is 11.8 Å². The van der Waals surface area contributed by atoms with Gasteiger partial charge in [-0.15, -0.1) is 11.6 Å². The van der Waals surface area contributed by atoms with Crippen LogP contribution in [0.3, 0.4) is 0 Å². The first kappa shape index (κ1) is 12.7. The Hall–Kier alpha value is 0.600. The molecule has 14 heavy (non-hydrogen) atoms. The maximum Gasteiger partial charge on any atom is 0.0292 e. The van der Waals surface area contributed by atoms with Gasteiger partial charge < -0.3 is 5.32 Å². The van der Waals surface area contributed by atoms with Crippen LogP contribution in [0.25, 0.3) is 0 Å². The zero-order valence-corrected chi connectivity index (χ0v) is 10.7. The van der Waals surface area contributed by atoms with Crippen molar-refractivity contribution in [2.45, 2.75) is 32.6 Å². The molecule has 0 spiro atoms. The van der Waals surface area contributed by atoms with E-state index in [1.807, 2.05) is 11.8 Å². The molecular formula is C11H22ClNS. The molecule has 1 aliphatic rings. The number of thioether (sulfide) groups is 1. The van der Waals surface area contributed by atoms with E-state index >= 15 is 0 Å². The minimum atomic E-state index is 0.429. The zero-order chi connectivity index (χ0) is 10.3. The van der Waals surface area contributed by atoms with E-state index in [2.05, 4.69) is 12.2 Å². The van der Waals surface area contributed by atoms with Crippen LogP contribution in [-0.4, -0.2) is 30.5 Å². The molecule has 0 heterocycles. The molecule has 1 rings (SSSR count). The Morgan fingerprint density at radius 2 is 2.07 bits per heavy atom. The summed E-state index contributed by atoms with van der Waals surface area (Å²) in [6.45, 7) is 4.47. The van der Waals surface area contributed by atoms with Gasteiger partial charge in [-0.05, 0) is 24.0 Å². The molecule has 84 valence electrons. The molecule has 0 radical (unpaired) electrons. The lowest BCUT2D eigenvalue weighted by Crippen LogP contribution is -2.34. The lowest BCUT2D eigenvalue weighted by molar-refractivity contribution is 0.325. The molecule has 1 aliphatic carbocycles. The van der Waals surface area contributed by atoms with Gasteiger partial charge in [0.25, 0.3) is 0 Å². The molecule has 0 bridgehead atoms. The molecule has 1 N–H and O–H groups in total. The molecule has 0 atom stereocenters. The normalized spacial score (nSPS) is 20.1. The fourth-order valence-electron chi connectivity index (χ4n) is 2.12. The number of hydrogen-bond donors (Lipinski definition) is 1. The second kappa shape index (κ2) is 6.97. The van der Waals surface area contributed by atoms with E-state index in [-0.39, 0.29) is 0 Å². The molecule has 3 heteroatoms. The van der Waals surface area contributed by atoms with Gasteiger partial charge in [0, 0.05) is 24.7 Å². The monoisotopic (exact) mass is 235 g/mol. The summed E-state index contributed by atoms with van der Waals surface area (Å²) in [4.78, 5) is 0. The Morgan fingerprint density at radius 1 is 1.36 bits per heavy atom. The van der Waals surface area contributed by atoms with Crippen LogP contribution < -0.4 is 5.32 Å². The SMILES string of the molecule is CCSCCNCC1(CCl)CCCC1. The van der Waals surface area contributed by atoms with Gasteiger partial charge in [0.1, 0.15) is 0 Å². The summed E-state index contributed by atoms with van der Waals surface area (Å²) in [5.74, 6) is 3.29. The third kappa shape index (κ3) is 4.00. The summed E-state index contributed by atoms with van der Waals surface area (Å²) in [6, 6.07) is 0. The van der Waals surface area contributed by atoms with Crippen molar-refractivity contribution in [2.24, 2.45) is 5.41 Å². The van der Waals surface area contributed by atoms with Gasteiger partial charge in [-0.25, -0.2) is 0 Å². The van der Waals surface area contributed by atoms with E-state index in [9.17, 15) is 0 Å². The highest BCUT2D eigenvalue weighted by molar-refractivity contribution is 7.99. The van der Waals surface area contributed by atoms with E-state index < -0.39 is 0 Å². The van der Waals surface area contributed by atoms with Gasteiger partial charge in [-0.3, -0.25) is 0 Å². The summed E-state index contributed by atoms with van der Waals surface area (Å²) < 4.78 is 0. The van der Waals surface area contributed by atoms with E-state index in [1.165, 1.54) is 37.2 Å². The predicted molar refractivity (Wildman–Crippen MR) is 67.5 cm³/mol. The van der Waals surface area contributed by atoms with E-state index in [1.54, 1.807) is 0 Å². The first-order valence-corrected chi connectivity index (χ1v) is 7.36. The molecule has 0 unspecified atom stereocenters. The average Bonchev–Trinajstić information content (AvgIpc) is 2.67. The topological polar surface area (TPSA) is 12.0 Å². The van der Waals surface area contributed by atoms with Gasteiger partial charge in [0.05, 0.1) is 0 Å². The first-order valence-electron chi connectivity index (χ1n) is 5.67. The minimum Gasteiger partial charge on any atom is -0.315 e.